The summed E-state index contributed by atoms with van der Waals surface area (Å²) in [6, 6.07) is 3.62. The second-order valence-corrected chi connectivity index (χ2v) is 4.71. The second-order valence-electron chi connectivity index (χ2n) is 3.85. The molecule has 0 aliphatic rings. The van der Waals surface area contributed by atoms with E-state index in [9.17, 15) is 9.50 Å². The minimum Gasteiger partial charge on any atom is -0.391 e. The number of halogens is 2. The van der Waals surface area contributed by atoms with Crippen LogP contribution in [0.2, 0.25) is 0 Å². The lowest BCUT2D eigenvalue weighted by atomic mass is 10.2. The van der Waals surface area contributed by atoms with Gasteiger partial charge >= 0.3 is 0 Å². The molecule has 1 aromatic heterocycles. The van der Waals surface area contributed by atoms with E-state index in [2.05, 4.69) is 26.1 Å². The molecule has 0 spiro atoms. The van der Waals surface area contributed by atoms with Crippen LogP contribution in [0, 0.1) is 5.82 Å². The van der Waals surface area contributed by atoms with Crippen molar-refractivity contribution in [2.45, 2.75) is 19.1 Å². The minimum absolute atomic E-state index is 0.139. The van der Waals surface area contributed by atoms with Crippen LogP contribution in [-0.4, -0.2) is 21.4 Å². The van der Waals surface area contributed by atoms with Gasteiger partial charge in [0.1, 0.15) is 11.9 Å². The highest BCUT2D eigenvalue weighted by atomic mass is 79.9. The van der Waals surface area contributed by atoms with Crippen molar-refractivity contribution in [3.63, 3.8) is 0 Å². The van der Waals surface area contributed by atoms with E-state index in [1.165, 1.54) is 25.1 Å². The number of aliphatic hydroxyl groups is 1. The Morgan fingerprint density at radius 3 is 2.83 bits per heavy atom. The minimum atomic E-state index is -0.793. The van der Waals surface area contributed by atoms with Gasteiger partial charge in [0.15, 0.2) is 0 Å². The van der Waals surface area contributed by atoms with E-state index in [-0.39, 0.29) is 11.7 Å². The third-order valence-electron chi connectivity index (χ3n) is 2.42. The smallest absolute Gasteiger partial charge is 0.246 e. The van der Waals surface area contributed by atoms with Crippen LogP contribution in [0.5, 0.6) is 0 Å². The first-order chi connectivity index (χ1) is 8.49. The average molecular weight is 316 g/mol. The fourth-order valence-electron chi connectivity index (χ4n) is 1.33. The van der Waals surface area contributed by atoms with Crippen LogP contribution in [0.4, 0.5) is 4.39 Å². The molecular formula is C11H11BrFN3O2. The summed E-state index contributed by atoms with van der Waals surface area (Å²) in [6.07, 6.45) is -0.793. The van der Waals surface area contributed by atoms with Gasteiger partial charge < -0.3 is 15.4 Å². The summed E-state index contributed by atoms with van der Waals surface area (Å²) < 4.78 is 18.4. The third-order valence-corrected chi connectivity index (χ3v) is 3.03. The molecule has 2 rings (SSSR count). The summed E-state index contributed by atoms with van der Waals surface area (Å²) in [5, 5.41) is 13.1. The highest BCUT2D eigenvalue weighted by Gasteiger charge is 2.20. The van der Waals surface area contributed by atoms with Crippen molar-refractivity contribution in [1.82, 2.24) is 10.1 Å². The predicted octanol–water partition coefficient (Wildman–Crippen LogP) is 2.02. The summed E-state index contributed by atoms with van der Waals surface area (Å²) in [6.45, 7) is 1.53. The van der Waals surface area contributed by atoms with E-state index >= 15 is 0 Å². The van der Waals surface area contributed by atoms with Crippen molar-refractivity contribution < 1.29 is 14.0 Å². The zero-order valence-electron chi connectivity index (χ0n) is 9.47. The van der Waals surface area contributed by atoms with E-state index in [4.69, 9.17) is 10.3 Å². The normalized spacial score (nSPS) is 14.5. The molecule has 1 aromatic carbocycles. The van der Waals surface area contributed by atoms with Gasteiger partial charge in [0.2, 0.25) is 11.7 Å². The molecule has 2 atom stereocenters. The Bertz CT molecular complexity index is 559. The molecule has 1 heterocycles. The van der Waals surface area contributed by atoms with Crippen LogP contribution in [-0.2, 0) is 0 Å². The molecule has 0 radical (unpaired) electrons. The number of benzene rings is 1. The molecule has 2 aromatic rings. The fourth-order valence-corrected chi connectivity index (χ4v) is 1.71. The van der Waals surface area contributed by atoms with E-state index in [1.807, 2.05) is 0 Å². The Labute approximate surface area is 111 Å². The van der Waals surface area contributed by atoms with E-state index in [0.29, 0.717) is 15.9 Å². The maximum atomic E-state index is 13.1. The first kappa shape index (κ1) is 13.1. The lowest BCUT2D eigenvalue weighted by Crippen LogP contribution is -2.23. The van der Waals surface area contributed by atoms with Gasteiger partial charge in [-0.25, -0.2) is 4.39 Å². The van der Waals surface area contributed by atoms with Crippen LogP contribution in [0.15, 0.2) is 27.2 Å². The summed E-state index contributed by atoms with van der Waals surface area (Å²) >= 11 is 3.08. The molecule has 0 amide bonds. The molecule has 0 saturated carbocycles. The van der Waals surface area contributed by atoms with E-state index < -0.39 is 12.1 Å². The van der Waals surface area contributed by atoms with Crippen LogP contribution in [0.25, 0.3) is 11.4 Å². The fraction of sp³-hybridized carbons (Fsp3) is 0.273. The van der Waals surface area contributed by atoms with Crippen molar-refractivity contribution in [2.24, 2.45) is 5.73 Å². The predicted molar refractivity (Wildman–Crippen MR) is 66.0 cm³/mol. The first-order valence-electron chi connectivity index (χ1n) is 5.21. The second kappa shape index (κ2) is 5.13. The van der Waals surface area contributed by atoms with Gasteiger partial charge in [-0.3, -0.25) is 0 Å². The number of hydrogen-bond acceptors (Lipinski definition) is 5. The third kappa shape index (κ3) is 2.58. The number of aliphatic hydroxyl groups excluding tert-OH is 1. The van der Waals surface area contributed by atoms with Gasteiger partial charge in [-0.05, 0) is 41.1 Å². The molecular weight excluding hydrogens is 305 g/mol. The quantitative estimate of drug-likeness (QED) is 0.905. The van der Waals surface area contributed by atoms with Gasteiger partial charge in [0.05, 0.1) is 10.6 Å². The van der Waals surface area contributed by atoms with E-state index in [1.54, 1.807) is 0 Å². The maximum Gasteiger partial charge on any atom is 0.246 e. The van der Waals surface area contributed by atoms with Crippen molar-refractivity contribution in [3.05, 3.63) is 34.4 Å². The number of nitrogens with zero attached hydrogens (tertiary/aromatic N) is 2. The van der Waals surface area contributed by atoms with Crippen LogP contribution >= 0.6 is 15.9 Å². The summed E-state index contributed by atoms with van der Waals surface area (Å²) in [5.41, 5.74) is 6.26. The topological polar surface area (TPSA) is 85.2 Å². The average Bonchev–Trinajstić information content (AvgIpc) is 2.81. The molecule has 18 heavy (non-hydrogen) atoms. The lowest BCUT2D eigenvalue weighted by Gasteiger charge is -2.08. The molecule has 96 valence electrons. The van der Waals surface area contributed by atoms with Crippen molar-refractivity contribution >= 4 is 15.9 Å². The molecule has 2 unspecified atom stereocenters. The Kier molecular flexibility index (Phi) is 3.74. The van der Waals surface area contributed by atoms with Crippen molar-refractivity contribution in [1.29, 1.82) is 0 Å². The van der Waals surface area contributed by atoms with Gasteiger partial charge in [-0.2, -0.15) is 4.98 Å². The van der Waals surface area contributed by atoms with Gasteiger partial charge in [0, 0.05) is 5.56 Å². The van der Waals surface area contributed by atoms with Crippen LogP contribution in [0.1, 0.15) is 18.9 Å². The summed E-state index contributed by atoms with van der Waals surface area (Å²) in [4.78, 5) is 4.07. The molecule has 5 nitrogen and oxygen atoms in total. The highest BCUT2D eigenvalue weighted by Crippen LogP contribution is 2.24. The SMILES string of the molecule is CC(O)C(N)c1nc(-c2ccc(F)c(Br)c2)no1. The number of rotatable bonds is 3. The zero-order chi connectivity index (χ0) is 13.3. The monoisotopic (exact) mass is 315 g/mol. The van der Waals surface area contributed by atoms with Gasteiger partial charge in [-0.15, -0.1) is 0 Å². The molecule has 0 aliphatic heterocycles. The largest absolute Gasteiger partial charge is 0.391 e. The van der Waals surface area contributed by atoms with Crippen molar-refractivity contribution in [3.8, 4) is 11.4 Å². The molecule has 0 saturated heterocycles. The van der Waals surface area contributed by atoms with Crippen LogP contribution < -0.4 is 5.73 Å². The van der Waals surface area contributed by atoms with E-state index in [0.717, 1.165) is 0 Å². The Morgan fingerprint density at radius 1 is 1.50 bits per heavy atom. The standard InChI is InChI=1S/C11H11BrFN3O2/c1-5(17)9(14)11-15-10(16-18-11)6-2-3-8(13)7(12)4-6/h2-5,9,17H,14H2,1H3. The van der Waals surface area contributed by atoms with Crippen LogP contribution in [0.3, 0.4) is 0 Å². The van der Waals surface area contributed by atoms with Gasteiger partial charge in [-0.1, -0.05) is 5.16 Å². The van der Waals surface area contributed by atoms with Gasteiger partial charge in [0.25, 0.3) is 0 Å². The zero-order valence-corrected chi connectivity index (χ0v) is 11.1. The Morgan fingerprint density at radius 2 is 2.22 bits per heavy atom. The molecule has 7 heteroatoms. The Hall–Kier alpha value is -1.31. The lowest BCUT2D eigenvalue weighted by molar-refractivity contribution is 0.146. The van der Waals surface area contributed by atoms with Crippen molar-refractivity contribution in [2.75, 3.05) is 0 Å². The molecule has 0 bridgehead atoms. The highest BCUT2D eigenvalue weighted by molar-refractivity contribution is 9.10. The number of nitrogens with two attached hydrogens (primary N) is 1. The summed E-state index contributed by atoms with van der Waals surface area (Å²) in [7, 11) is 0. The molecule has 0 aliphatic carbocycles. The summed E-state index contributed by atoms with van der Waals surface area (Å²) in [5.74, 6) is 0.0606. The Balaban J connectivity index is 2.32. The number of aromatic nitrogens is 2. The molecule has 0 fully saturated rings. The maximum absolute atomic E-state index is 13.1. The molecule has 3 N–H and O–H groups in total. The number of hydrogen-bond donors (Lipinski definition) is 2. The first-order valence-corrected chi connectivity index (χ1v) is 6.01.